The maximum Gasteiger partial charge on any atom is 0.331 e. The van der Waals surface area contributed by atoms with Crippen LogP contribution in [0.2, 0.25) is 0 Å². The highest BCUT2D eigenvalue weighted by Gasteiger charge is 2.38. The van der Waals surface area contributed by atoms with Crippen molar-refractivity contribution < 1.29 is 19.5 Å². The molecular formula is C26H38N4O4. The molecule has 0 aliphatic heterocycles. The number of nitrogens with one attached hydrogen (secondary N) is 2. The second-order valence-electron chi connectivity index (χ2n) is 9.73. The van der Waals surface area contributed by atoms with E-state index in [0.29, 0.717) is 0 Å². The van der Waals surface area contributed by atoms with E-state index in [1.807, 2.05) is 69.8 Å². The molecular weight excluding hydrogens is 432 g/mol. The van der Waals surface area contributed by atoms with Crippen molar-refractivity contribution in [2.24, 2.45) is 13.0 Å². The Labute approximate surface area is 202 Å². The van der Waals surface area contributed by atoms with Crippen LogP contribution in [-0.2, 0) is 26.8 Å². The molecule has 0 saturated carbocycles. The molecule has 2 aromatic rings. The first-order valence-electron chi connectivity index (χ1n) is 11.5. The number of carbonyl (C=O) groups excluding carboxylic acids is 2. The normalized spacial score (nSPS) is 14.2. The summed E-state index contributed by atoms with van der Waals surface area (Å²) in [6, 6.07) is 7.09. The third-order valence-corrected chi connectivity index (χ3v) is 6.56. The van der Waals surface area contributed by atoms with Gasteiger partial charge in [0.2, 0.25) is 11.8 Å². The Morgan fingerprint density at radius 3 is 2.38 bits per heavy atom. The van der Waals surface area contributed by atoms with Crippen LogP contribution in [0.5, 0.6) is 0 Å². The van der Waals surface area contributed by atoms with Crippen LogP contribution in [0.25, 0.3) is 10.9 Å². The summed E-state index contributed by atoms with van der Waals surface area (Å²) in [4.78, 5) is 38.8. The lowest BCUT2D eigenvalue weighted by molar-refractivity contribution is -0.134. The average molecular weight is 471 g/mol. The van der Waals surface area contributed by atoms with Crippen LogP contribution in [0.4, 0.5) is 0 Å². The zero-order valence-corrected chi connectivity index (χ0v) is 21.5. The number of carboxylic acids is 1. The van der Waals surface area contributed by atoms with Gasteiger partial charge in [0.05, 0.1) is 18.6 Å². The molecule has 3 N–H and O–H groups in total. The summed E-state index contributed by atoms with van der Waals surface area (Å²) in [6.07, 6.45) is 3.62. The molecule has 2 unspecified atom stereocenters. The summed E-state index contributed by atoms with van der Waals surface area (Å²) in [5.74, 6) is -1.58. The van der Waals surface area contributed by atoms with E-state index in [2.05, 4.69) is 10.6 Å². The van der Waals surface area contributed by atoms with Gasteiger partial charge < -0.3 is 25.2 Å². The Kier molecular flexibility index (Phi) is 8.66. The van der Waals surface area contributed by atoms with Crippen molar-refractivity contribution >= 4 is 28.7 Å². The van der Waals surface area contributed by atoms with Crippen molar-refractivity contribution in [2.75, 3.05) is 20.6 Å². The first kappa shape index (κ1) is 27.1. The predicted molar refractivity (Wildman–Crippen MR) is 135 cm³/mol. The number of para-hydroxylation sites is 1. The highest BCUT2D eigenvalue weighted by atomic mass is 16.4. The minimum atomic E-state index is -1.02. The van der Waals surface area contributed by atoms with Gasteiger partial charge >= 0.3 is 5.97 Å². The zero-order valence-electron chi connectivity index (χ0n) is 21.5. The van der Waals surface area contributed by atoms with Crippen molar-refractivity contribution in [1.29, 1.82) is 0 Å². The first-order chi connectivity index (χ1) is 15.8. The van der Waals surface area contributed by atoms with E-state index in [0.717, 1.165) is 16.5 Å². The molecule has 0 spiro atoms. The maximum absolute atomic E-state index is 13.2. The molecule has 2 amide bonds. The Balaban J connectivity index is 2.18. The van der Waals surface area contributed by atoms with Crippen LogP contribution >= 0.6 is 0 Å². The highest BCUT2D eigenvalue weighted by molar-refractivity contribution is 5.91. The number of amides is 2. The highest BCUT2D eigenvalue weighted by Crippen LogP contribution is 2.34. The number of aryl methyl sites for hydroxylation is 1. The summed E-state index contributed by atoms with van der Waals surface area (Å²) in [5, 5.41) is 16.2. The minimum absolute atomic E-state index is 0.00861. The van der Waals surface area contributed by atoms with E-state index < -0.39 is 23.5 Å². The molecule has 8 nitrogen and oxygen atoms in total. The van der Waals surface area contributed by atoms with Crippen molar-refractivity contribution in [3.8, 4) is 0 Å². The molecule has 0 saturated heterocycles. The van der Waals surface area contributed by atoms with Crippen LogP contribution in [0, 0.1) is 5.92 Å². The molecule has 1 heterocycles. The number of carbonyl (C=O) groups is 3. The van der Waals surface area contributed by atoms with Gasteiger partial charge in [-0.1, -0.05) is 52.0 Å². The lowest BCUT2D eigenvalue weighted by Crippen LogP contribution is -2.55. The van der Waals surface area contributed by atoms with Crippen molar-refractivity contribution in [3.05, 3.63) is 47.7 Å². The second-order valence-corrected chi connectivity index (χ2v) is 9.73. The minimum Gasteiger partial charge on any atom is -0.478 e. The van der Waals surface area contributed by atoms with Crippen molar-refractivity contribution in [1.82, 2.24) is 20.1 Å². The third-order valence-electron chi connectivity index (χ3n) is 6.56. The van der Waals surface area contributed by atoms with Gasteiger partial charge in [0.15, 0.2) is 0 Å². The summed E-state index contributed by atoms with van der Waals surface area (Å²) in [7, 11) is 5.34. The zero-order chi connectivity index (χ0) is 25.8. The number of rotatable bonds is 10. The first-order valence-corrected chi connectivity index (χ1v) is 11.5. The van der Waals surface area contributed by atoms with Crippen LogP contribution in [-0.4, -0.2) is 65.1 Å². The van der Waals surface area contributed by atoms with Gasteiger partial charge in [-0.2, -0.15) is 0 Å². The molecule has 2 atom stereocenters. The monoisotopic (exact) mass is 470 g/mol. The average Bonchev–Trinajstić information content (AvgIpc) is 3.12. The third kappa shape index (κ3) is 5.67. The number of fused-ring (bicyclic) bond motifs is 1. The number of likely N-dealkylation sites (N-methyl/N-ethyl adjacent to an activating group) is 2. The fourth-order valence-electron chi connectivity index (χ4n) is 4.46. The molecule has 2 rings (SSSR count). The molecule has 0 fully saturated rings. The molecule has 0 aliphatic rings. The summed E-state index contributed by atoms with van der Waals surface area (Å²) in [6.45, 7) is 9.19. The lowest BCUT2D eigenvalue weighted by atomic mass is 9.77. The van der Waals surface area contributed by atoms with Gasteiger partial charge in [-0.3, -0.25) is 9.59 Å². The molecule has 1 aromatic carbocycles. The summed E-state index contributed by atoms with van der Waals surface area (Å²) < 4.78 is 2.05. The SMILES string of the molecule is CNC(C(=O)NCC(=O)N(C)C(/C=C(\C)C(=O)O)C(C)C)C(C)(C)c1cn(C)c2ccccc12. The van der Waals surface area contributed by atoms with Crippen molar-refractivity contribution in [2.45, 2.75) is 52.1 Å². The second kappa shape index (κ2) is 10.9. The summed E-state index contributed by atoms with van der Waals surface area (Å²) in [5.41, 5.74) is 1.74. The Bertz CT molecular complexity index is 1080. The standard InChI is InChI=1S/C26H38N4O4/c1-16(2)21(13-17(3)25(33)34)30(8)22(31)14-28-24(32)23(27-6)26(4,5)19-15-29(7)20-12-10-9-11-18(19)20/h9-13,15-16,21,23,27H,14H2,1-8H3,(H,28,32)(H,33,34)/b17-13+. The van der Waals surface area contributed by atoms with Crippen LogP contribution in [0.1, 0.15) is 40.2 Å². The van der Waals surface area contributed by atoms with Crippen molar-refractivity contribution in [3.63, 3.8) is 0 Å². The van der Waals surface area contributed by atoms with Gasteiger partial charge in [0, 0.05) is 42.2 Å². The Morgan fingerprint density at radius 1 is 1.21 bits per heavy atom. The Morgan fingerprint density at radius 2 is 1.82 bits per heavy atom. The van der Waals surface area contributed by atoms with Gasteiger partial charge in [0.1, 0.15) is 0 Å². The van der Waals surface area contributed by atoms with Gasteiger partial charge in [-0.25, -0.2) is 4.79 Å². The van der Waals surface area contributed by atoms with Gasteiger partial charge in [0.25, 0.3) is 0 Å². The van der Waals surface area contributed by atoms with Crippen LogP contribution in [0.15, 0.2) is 42.1 Å². The van der Waals surface area contributed by atoms with E-state index in [4.69, 9.17) is 0 Å². The van der Waals surface area contributed by atoms with E-state index in [1.165, 1.54) is 11.8 Å². The maximum atomic E-state index is 13.2. The predicted octanol–water partition coefficient (Wildman–Crippen LogP) is 2.67. The summed E-state index contributed by atoms with van der Waals surface area (Å²) >= 11 is 0. The number of hydrogen-bond donors (Lipinski definition) is 3. The van der Waals surface area contributed by atoms with E-state index >= 15 is 0 Å². The topological polar surface area (TPSA) is 104 Å². The van der Waals surface area contributed by atoms with Gasteiger partial charge in [-0.15, -0.1) is 0 Å². The fraction of sp³-hybridized carbons (Fsp3) is 0.500. The van der Waals surface area contributed by atoms with Crippen LogP contribution < -0.4 is 10.6 Å². The van der Waals surface area contributed by atoms with Gasteiger partial charge in [-0.05, 0) is 31.5 Å². The smallest absolute Gasteiger partial charge is 0.331 e. The fourth-order valence-corrected chi connectivity index (χ4v) is 4.46. The Hall–Kier alpha value is -3.13. The largest absolute Gasteiger partial charge is 0.478 e. The number of aliphatic carboxylic acids is 1. The van der Waals surface area contributed by atoms with E-state index in [1.54, 1.807) is 20.2 Å². The number of hydrogen-bond acceptors (Lipinski definition) is 4. The molecule has 8 heteroatoms. The molecule has 34 heavy (non-hydrogen) atoms. The molecule has 186 valence electrons. The molecule has 0 aliphatic carbocycles. The molecule has 0 radical (unpaired) electrons. The number of benzene rings is 1. The lowest BCUT2D eigenvalue weighted by Gasteiger charge is -2.34. The van der Waals surface area contributed by atoms with Crippen LogP contribution in [0.3, 0.4) is 0 Å². The van der Waals surface area contributed by atoms with E-state index in [9.17, 15) is 19.5 Å². The number of carboxylic acid groups (broad SMARTS) is 1. The number of aromatic nitrogens is 1. The quantitative estimate of drug-likeness (QED) is 0.463. The molecule has 1 aromatic heterocycles. The van der Waals surface area contributed by atoms with E-state index in [-0.39, 0.29) is 29.9 Å². The molecule has 0 bridgehead atoms. The number of nitrogens with zero attached hydrogens (tertiary/aromatic N) is 2.